The van der Waals surface area contributed by atoms with Crippen molar-refractivity contribution in [2.75, 3.05) is 29.9 Å². The number of nitrogens with zero attached hydrogens (tertiary/aromatic N) is 3. The lowest BCUT2D eigenvalue weighted by atomic mass is 10.0. The fourth-order valence-corrected chi connectivity index (χ4v) is 5.99. The number of imidazole rings is 1. The molecule has 5 N–H and O–H groups in total. The topological polar surface area (TPSA) is 200 Å². The first-order chi connectivity index (χ1) is 20.6. The predicted molar refractivity (Wildman–Crippen MR) is 159 cm³/mol. The van der Waals surface area contributed by atoms with Crippen LogP contribution in [0.1, 0.15) is 23.2 Å². The number of aromatic nitrogens is 2. The maximum atomic E-state index is 12.7. The molecular weight excluding hydrogens is 578 g/mol. The molecule has 1 atom stereocenters. The van der Waals surface area contributed by atoms with Crippen molar-refractivity contribution in [3.8, 4) is 0 Å². The van der Waals surface area contributed by atoms with Gasteiger partial charge in [0.05, 0.1) is 20.9 Å². The Hall–Kier alpha value is -5.02. The number of aromatic amines is 1. The number of sulfonamides is 1. The van der Waals surface area contributed by atoms with E-state index in [0.29, 0.717) is 0 Å². The number of anilines is 2. The molecule has 43 heavy (non-hydrogen) atoms. The normalized spacial score (nSPS) is 14.7. The number of H-pyrrole nitrogens is 1. The zero-order valence-electron chi connectivity index (χ0n) is 22.8. The van der Waals surface area contributed by atoms with Crippen LogP contribution in [0, 0.1) is 10.1 Å². The number of carboxylic acids is 1. The van der Waals surface area contributed by atoms with Gasteiger partial charge >= 0.3 is 5.97 Å². The lowest BCUT2D eigenvalue weighted by molar-refractivity contribution is -0.384. The van der Waals surface area contributed by atoms with Crippen LogP contribution in [0.3, 0.4) is 0 Å². The first-order valence-corrected chi connectivity index (χ1v) is 14.9. The van der Waals surface area contributed by atoms with Crippen LogP contribution < -0.4 is 20.3 Å². The molecule has 4 aromatic rings. The average Bonchev–Trinajstić information content (AvgIpc) is 3.42. The Bertz CT molecular complexity index is 1700. The largest absolute Gasteiger partial charge is 0.480 e. The number of hydrogen-bond acceptors (Lipinski definition) is 9. The summed E-state index contributed by atoms with van der Waals surface area (Å²) in [6.07, 6.45) is 1.79. The highest BCUT2D eigenvalue weighted by atomic mass is 32.2. The molecule has 1 aliphatic heterocycles. The Morgan fingerprint density at radius 1 is 1.05 bits per heavy atom. The minimum absolute atomic E-state index is 0.266. The number of nitro groups is 1. The quantitative estimate of drug-likeness (QED) is 0.125. The van der Waals surface area contributed by atoms with E-state index in [-0.39, 0.29) is 22.2 Å². The van der Waals surface area contributed by atoms with Crippen molar-refractivity contribution in [1.82, 2.24) is 20.0 Å². The first kappa shape index (κ1) is 29.5. The van der Waals surface area contributed by atoms with E-state index in [9.17, 15) is 33.2 Å². The molecule has 2 heterocycles. The van der Waals surface area contributed by atoms with Gasteiger partial charge in [-0.3, -0.25) is 19.7 Å². The lowest BCUT2D eigenvalue weighted by Crippen LogP contribution is -2.48. The Kier molecular flexibility index (Phi) is 8.54. The number of piperidine rings is 1. The number of rotatable bonds is 11. The van der Waals surface area contributed by atoms with Gasteiger partial charge in [-0.15, -0.1) is 0 Å². The highest BCUT2D eigenvalue weighted by Gasteiger charge is 2.27. The third-order valence-electron chi connectivity index (χ3n) is 7.14. The SMILES string of the molecule is O=C(NC[C@H](NS(=O)(=O)c1ccc([N+](=O)[O-])cc1)C(=O)O)c1ccc(N2CCC(Nc3nc4ccccc4[nH]3)CC2)cc1. The zero-order chi connectivity index (χ0) is 30.6. The van der Waals surface area contributed by atoms with Crippen LogP contribution >= 0.6 is 0 Å². The second-order valence-corrected chi connectivity index (χ2v) is 11.7. The van der Waals surface area contributed by atoms with E-state index in [0.717, 1.165) is 72.9 Å². The number of para-hydroxylation sites is 2. The van der Waals surface area contributed by atoms with Gasteiger partial charge in [-0.25, -0.2) is 13.4 Å². The van der Waals surface area contributed by atoms with E-state index in [1.165, 1.54) is 0 Å². The maximum Gasteiger partial charge on any atom is 0.323 e. The van der Waals surface area contributed by atoms with Gasteiger partial charge < -0.3 is 25.6 Å². The van der Waals surface area contributed by atoms with Crippen LogP contribution in [0.5, 0.6) is 0 Å². The second kappa shape index (κ2) is 12.5. The average molecular weight is 608 g/mol. The number of nitro benzene ring substituents is 1. The first-order valence-electron chi connectivity index (χ1n) is 13.4. The summed E-state index contributed by atoms with van der Waals surface area (Å²) in [4.78, 5) is 44.3. The van der Waals surface area contributed by atoms with Gasteiger partial charge in [-0.2, -0.15) is 4.72 Å². The maximum absolute atomic E-state index is 12.7. The van der Waals surface area contributed by atoms with E-state index < -0.39 is 39.4 Å². The number of fused-ring (bicyclic) bond motifs is 1. The molecule has 0 radical (unpaired) electrons. The molecule has 1 saturated heterocycles. The van der Waals surface area contributed by atoms with Crippen LogP contribution in [0.2, 0.25) is 0 Å². The number of hydrogen-bond donors (Lipinski definition) is 5. The standard InChI is InChI=1S/C28H29N7O7S/c36-26(29-17-25(27(37)38)33-43(41,42)22-11-9-21(10-12-22)35(39)40)18-5-7-20(8-6-18)34-15-13-19(14-16-34)30-28-31-23-3-1-2-4-24(23)32-28/h1-12,19,25,33H,13-17H2,(H,29,36)(H,37,38)(H2,30,31,32)/t25-/m0/s1. The summed E-state index contributed by atoms with van der Waals surface area (Å²) in [5.41, 5.74) is 2.81. The third-order valence-corrected chi connectivity index (χ3v) is 8.63. The van der Waals surface area contributed by atoms with Gasteiger partial charge in [0.15, 0.2) is 0 Å². The molecule has 0 saturated carbocycles. The van der Waals surface area contributed by atoms with Crippen molar-refractivity contribution in [2.45, 2.75) is 29.8 Å². The van der Waals surface area contributed by atoms with E-state index in [1.807, 2.05) is 41.1 Å². The summed E-state index contributed by atoms with van der Waals surface area (Å²) in [6, 6.07) is 17.3. The minimum atomic E-state index is -4.33. The number of benzene rings is 3. The summed E-state index contributed by atoms with van der Waals surface area (Å²) in [7, 11) is -4.33. The molecule has 5 rings (SSSR count). The molecule has 14 nitrogen and oxygen atoms in total. The molecule has 0 unspecified atom stereocenters. The molecule has 1 aliphatic rings. The number of carbonyl (C=O) groups is 2. The molecule has 0 aliphatic carbocycles. The van der Waals surface area contributed by atoms with Crippen LogP contribution in [0.15, 0.2) is 77.7 Å². The van der Waals surface area contributed by atoms with E-state index in [4.69, 9.17) is 0 Å². The van der Waals surface area contributed by atoms with Gasteiger partial charge in [0.1, 0.15) is 6.04 Å². The highest BCUT2D eigenvalue weighted by Crippen LogP contribution is 2.23. The Labute approximate surface area is 246 Å². The predicted octanol–water partition coefficient (Wildman–Crippen LogP) is 2.71. The van der Waals surface area contributed by atoms with Crippen LogP contribution in [0.4, 0.5) is 17.3 Å². The van der Waals surface area contributed by atoms with Gasteiger partial charge in [0, 0.05) is 49.1 Å². The lowest BCUT2D eigenvalue weighted by Gasteiger charge is -2.34. The Morgan fingerprint density at radius 2 is 1.72 bits per heavy atom. The summed E-state index contributed by atoms with van der Waals surface area (Å²) < 4.78 is 27.2. The van der Waals surface area contributed by atoms with E-state index in [2.05, 4.69) is 25.5 Å². The van der Waals surface area contributed by atoms with Gasteiger partial charge in [0.2, 0.25) is 16.0 Å². The molecule has 15 heteroatoms. The summed E-state index contributed by atoms with van der Waals surface area (Å²) in [5, 5.41) is 26.2. The number of aliphatic carboxylic acids is 1. The summed E-state index contributed by atoms with van der Waals surface area (Å²) in [6.45, 7) is 1.09. The van der Waals surface area contributed by atoms with E-state index in [1.54, 1.807) is 12.1 Å². The molecule has 0 spiro atoms. The number of nitrogens with one attached hydrogen (secondary N) is 4. The highest BCUT2D eigenvalue weighted by molar-refractivity contribution is 7.89. The fraction of sp³-hybridized carbons (Fsp3) is 0.250. The van der Waals surface area contributed by atoms with Crippen molar-refractivity contribution in [3.05, 3.63) is 88.5 Å². The van der Waals surface area contributed by atoms with Gasteiger partial charge in [0.25, 0.3) is 11.6 Å². The molecule has 1 amide bonds. The number of carboxylic acid groups (broad SMARTS) is 1. The molecular formula is C28H29N7O7S. The zero-order valence-corrected chi connectivity index (χ0v) is 23.6. The fourth-order valence-electron chi connectivity index (χ4n) is 4.80. The Balaban J connectivity index is 1.12. The van der Waals surface area contributed by atoms with E-state index >= 15 is 0 Å². The number of amides is 1. The van der Waals surface area contributed by atoms with Gasteiger partial charge in [-0.05, 0) is 61.4 Å². The number of carbonyl (C=O) groups excluding carboxylic acids is 1. The van der Waals surface area contributed by atoms with Crippen LogP contribution in [0.25, 0.3) is 11.0 Å². The molecule has 1 aromatic heterocycles. The molecule has 0 bridgehead atoms. The molecule has 224 valence electrons. The van der Waals surface area contributed by atoms with Crippen LogP contribution in [-0.2, 0) is 14.8 Å². The molecule has 3 aromatic carbocycles. The smallest absolute Gasteiger partial charge is 0.323 e. The van der Waals surface area contributed by atoms with Crippen molar-refractivity contribution < 1.29 is 28.0 Å². The monoisotopic (exact) mass is 607 g/mol. The van der Waals surface area contributed by atoms with Crippen molar-refractivity contribution >= 4 is 50.3 Å². The van der Waals surface area contributed by atoms with Gasteiger partial charge in [-0.1, -0.05) is 12.1 Å². The summed E-state index contributed by atoms with van der Waals surface area (Å²) >= 11 is 0. The summed E-state index contributed by atoms with van der Waals surface area (Å²) in [5.74, 6) is -1.32. The second-order valence-electron chi connectivity index (χ2n) is 10.0. The minimum Gasteiger partial charge on any atom is -0.480 e. The Morgan fingerprint density at radius 3 is 2.35 bits per heavy atom. The van der Waals surface area contributed by atoms with Crippen molar-refractivity contribution in [3.63, 3.8) is 0 Å². The third kappa shape index (κ3) is 7.07. The van der Waals surface area contributed by atoms with Crippen molar-refractivity contribution in [2.24, 2.45) is 0 Å². The van der Waals surface area contributed by atoms with Crippen LogP contribution in [-0.4, -0.2) is 72.0 Å². The molecule has 1 fully saturated rings. The number of non-ortho nitro benzene ring substituents is 1. The van der Waals surface area contributed by atoms with Crippen molar-refractivity contribution in [1.29, 1.82) is 0 Å².